The highest BCUT2D eigenvalue weighted by atomic mass is 15.1. The molecule has 0 bridgehead atoms. The molecule has 1 heterocycles. The molecule has 6 rings (SSSR count). The molecule has 0 aliphatic carbocycles. The van der Waals surface area contributed by atoms with E-state index in [2.05, 4.69) is 111 Å². The van der Waals surface area contributed by atoms with Gasteiger partial charge in [0.15, 0.2) is 0 Å². The van der Waals surface area contributed by atoms with E-state index in [1.54, 1.807) is 0 Å². The molecule has 5 aromatic rings. The average molecular weight is 414 g/mol. The fourth-order valence-corrected chi connectivity index (χ4v) is 5.29. The van der Waals surface area contributed by atoms with Crippen molar-refractivity contribution in [1.82, 2.24) is 0 Å². The van der Waals surface area contributed by atoms with Crippen molar-refractivity contribution >= 4 is 32.9 Å². The van der Waals surface area contributed by atoms with Gasteiger partial charge in [0.05, 0.1) is 5.69 Å². The molecule has 0 atom stereocenters. The molecule has 1 aliphatic rings. The van der Waals surface area contributed by atoms with Crippen molar-refractivity contribution in [3.05, 3.63) is 107 Å². The van der Waals surface area contributed by atoms with Gasteiger partial charge in [0.25, 0.3) is 0 Å². The number of fused-ring (bicyclic) bond motifs is 5. The highest BCUT2D eigenvalue weighted by Gasteiger charge is 2.26. The van der Waals surface area contributed by atoms with Crippen LogP contribution in [0, 0.1) is 27.7 Å². The van der Waals surface area contributed by atoms with Gasteiger partial charge < -0.3 is 4.90 Å². The molecular formula is C31H27N. The summed E-state index contributed by atoms with van der Waals surface area (Å²) in [6.07, 6.45) is 0. The Balaban J connectivity index is 1.73. The first-order valence-electron chi connectivity index (χ1n) is 11.4. The first-order chi connectivity index (χ1) is 15.5. The van der Waals surface area contributed by atoms with Gasteiger partial charge in [-0.05, 0) is 73.4 Å². The van der Waals surface area contributed by atoms with E-state index in [1.807, 2.05) is 0 Å². The van der Waals surface area contributed by atoms with E-state index in [1.165, 1.54) is 71.9 Å². The summed E-state index contributed by atoms with van der Waals surface area (Å²) < 4.78 is 0. The second kappa shape index (κ2) is 6.97. The lowest BCUT2D eigenvalue weighted by Gasteiger charge is -2.35. The van der Waals surface area contributed by atoms with Crippen LogP contribution in [0.5, 0.6) is 0 Å². The SMILES string of the molecule is Cc1ccc2c(c1)CN(c1c3ccc(C)cc3cc3ccc(C)cc13)c1cc(C)ccc1-2. The van der Waals surface area contributed by atoms with Crippen LogP contribution >= 0.6 is 0 Å². The summed E-state index contributed by atoms with van der Waals surface area (Å²) in [6.45, 7) is 9.63. The van der Waals surface area contributed by atoms with Gasteiger partial charge in [-0.1, -0.05) is 77.4 Å². The van der Waals surface area contributed by atoms with Crippen molar-refractivity contribution in [3.63, 3.8) is 0 Å². The Morgan fingerprint density at radius 1 is 0.531 bits per heavy atom. The summed E-state index contributed by atoms with van der Waals surface area (Å²) in [5, 5.41) is 5.25. The molecule has 0 saturated heterocycles. The predicted octanol–water partition coefficient (Wildman–Crippen LogP) is 8.55. The minimum atomic E-state index is 0.878. The van der Waals surface area contributed by atoms with Crippen molar-refractivity contribution in [3.8, 4) is 11.1 Å². The lowest BCUT2D eigenvalue weighted by atomic mass is 9.89. The topological polar surface area (TPSA) is 3.24 Å². The van der Waals surface area contributed by atoms with Crippen LogP contribution in [0.4, 0.5) is 11.4 Å². The molecule has 0 radical (unpaired) electrons. The van der Waals surface area contributed by atoms with E-state index < -0.39 is 0 Å². The van der Waals surface area contributed by atoms with Crippen molar-refractivity contribution in [2.75, 3.05) is 4.90 Å². The third-order valence-corrected chi connectivity index (χ3v) is 6.83. The van der Waals surface area contributed by atoms with E-state index in [-0.39, 0.29) is 0 Å². The first kappa shape index (κ1) is 19.1. The van der Waals surface area contributed by atoms with Gasteiger partial charge in [0.1, 0.15) is 0 Å². The molecule has 0 saturated carbocycles. The van der Waals surface area contributed by atoms with Gasteiger partial charge in [0.2, 0.25) is 0 Å². The molecule has 156 valence electrons. The van der Waals surface area contributed by atoms with Gasteiger partial charge in [-0.15, -0.1) is 0 Å². The van der Waals surface area contributed by atoms with E-state index in [0.29, 0.717) is 0 Å². The van der Waals surface area contributed by atoms with Gasteiger partial charge >= 0.3 is 0 Å². The summed E-state index contributed by atoms with van der Waals surface area (Å²) in [6, 6.07) is 29.8. The molecule has 0 N–H and O–H groups in total. The van der Waals surface area contributed by atoms with Crippen molar-refractivity contribution < 1.29 is 0 Å². The molecule has 0 amide bonds. The minimum Gasteiger partial charge on any atom is -0.335 e. The molecule has 0 aromatic heterocycles. The summed E-state index contributed by atoms with van der Waals surface area (Å²) in [5.74, 6) is 0. The van der Waals surface area contributed by atoms with Crippen molar-refractivity contribution in [1.29, 1.82) is 0 Å². The van der Waals surface area contributed by atoms with Crippen LogP contribution in [0.1, 0.15) is 27.8 Å². The Hall–Kier alpha value is -3.58. The standard InChI is InChI=1S/C31H27N/c1-19-7-11-27-24(13-19)17-23-9-5-21(3)15-29(23)31(27)32-18-25-14-20(2)6-10-26(25)28-12-8-22(4)16-30(28)32/h5-17H,18H2,1-4H3. The number of hydrogen-bond donors (Lipinski definition) is 0. The van der Waals surface area contributed by atoms with E-state index in [0.717, 1.165) is 6.54 Å². The molecule has 32 heavy (non-hydrogen) atoms. The van der Waals surface area contributed by atoms with Crippen LogP contribution < -0.4 is 4.90 Å². The third kappa shape index (κ3) is 2.92. The van der Waals surface area contributed by atoms with Crippen LogP contribution in [-0.4, -0.2) is 0 Å². The van der Waals surface area contributed by atoms with Crippen LogP contribution in [0.2, 0.25) is 0 Å². The third-order valence-electron chi connectivity index (χ3n) is 6.83. The zero-order valence-corrected chi connectivity index (χ0v) is 19.2. The molecule has 0 spiro atoms. The second-order valence-electron chi connectivity index (χ2n) is 9.44. The zero-order chi connectivity index (χ0) is 22.0. The smallest absolute Gasteiger partial charge is 0.0573 e. The number of benzene rings is 5. The molecular weight excluding hydrogens is 386 g/mol. The molecule has 1 aliphatic heterocycles. The second-order valence-corrected chi connectivity index (χ2v) is 9.44. The largest absolute Gasteiger partial charge is 0.335 e. The fraction of sp³-hybridized carbons (Fsp3) is 0.161. The van der Waals surface area contributed by atoms with Crippen LogP contribution in [0.3, 0.4) is 0 Å². The summed E-state index contributed by atoms with van der Waals surface area (Å²) in [7, 11) is 0. The number of aryl methyl sites for hydroxylation is 4. The average Bonchev–Trinajstić information content (AvgIpc) is 2.77. The Labute approximate surface area is 189 Å². The van der Waals surface area contributed by atoms with E-state index >= 15 is 0 Å². The summed E-state index contributed by atoms with van der Waals surface area (Å²) in [5.41, 5.74) is 11.9. The number of hydrogen-bond acceptors (Lipinski definition) is 1. The quantitative estimate of drug-likeness (QED) is 0.249. The lowest BCUT2D eigenvalue weighted by molar-refractivity contribution is 0.966. The highest BCUT2D eigenvalue weighted by molar-refractivity contribution is 6.13. The minimum absolute atomic E-state index is 0.878. The van der Waals surface area contributed by atoms with Gasteiger partial charge in [0, 0.05) is 28.6 Å². The molecule has 0 fully saturated rings. The number of rotatable bonds is 1. The van der Waals surface area contributed by atoms with E-state index in [9.17, 15) is 0 Å². The van der Waals surface area contributed by atoms with Crippen molar-refractivity contribution in [2.24, 2.45) is 0 Å². The highest BCUT2D eigenvalue weighted by Crippen LogP contribution is 2.47. The van der Waals surface area contributed by atoms with Crippen LogP contribution in [0.15, 0.2) is 78.9 Å². The molecule has 0 unspecified atom stereocenters. The summed E-state index contributed by atoms with van der Waals surface area (Å²) >= 11 is 0. The van der Waals surface area contributed by atoms with Crippen LogP contribution in [-0.2, 0) is 6.54 Å². The number of anilines is 2. The normalized spacial score (nSPS) is 12.8. The Morgan fingerprint density at radius 2 is 1.19 bits per heavy atom. The maximum Gasteiger partial charge on any atom is 0.0573 e. The Morgan fingerprint density at radius 3 is 2.03 bits per heavy atom. The number of nitrogens with zero attached hydrogens (tertiary/aromatic N) is 1. The maximum absolute atomic E-state index is 2.56. The first-order valence-corrected chi connectivity index (χ1v) is 11.4. The van der Waals surface area contributed by atoms with Gasteiger partial charge in [-0.3, -0.25) is 0 Å². The molecule has 5 aromatic carbocycles. The van der Waals surface area contributed by atoms with Gasteiger partial charge in [-0.2, -0.15) is 0 Å². The molecule has 1 heteroatoms. The summed E-state index contributed by atoms with van der Waals surface area (Å²) in [4.78, 5) is 2.56. The van der Waals surface area contributed by atoms with Gasteiger partial charge in [-0.25, -0.2) is 0 Å². The molecule has 1 nitrogen and oxygen atoms in total. The fourth-order valence-electron chi connectivity index (χ4n) is 5.29. The maximum atomic E-state index is 2.56. The lowest BCUT2D eigenvalue weighted by Crippen LogP contribution is -2.22. The monoisotopic (exact) mass is 413 g/mol. The van der Waals surface area contributed by atoms with Crippen molar-refractivity contribution in [2.45, 2.75) is 34.2 Å². The zero-order valence-electron chi connectivity index (χ0n) is 19.2. The predicted molar refractivity (Wildman–Crippen MR) is 138 cm³/mol. The van der Waals surface area contributed by atoms with E-state index in [4.69, 9.17) is 0 Å². The van der Waals surface area contributed by atoms with Crippen LogP contribution in [0.25, 0.3) is 32.7 Å². The Bertz CT molecular complexity index is 1540. The Kier molecular flexibility index (Phi) is 4.16.